The molecule has 1 amide bonds. The van der Waals surface area contributed by atoms with E-state index in [-0.39, 0.29) is 6.09 Å². The van der Waals surface area contributed by atoms with Crippen molar-refractivity contribution in [3.63, 3.8) is 0 Å². The second kappa shape index (κ2) is 6.34. The lowest BCUT2D eigenvalue weighted by Crippen LogP contribution is -2.40. The molecule has 140 valence electrons. The summed E-state index contributed by atoms with van der Waals surface area (Å²) in [5, 5.41) is 4.28. The molecule has 0 atom stereocenters. The lowest BCUT2D eigenvalue weighted by atomic mass is 10.1. The van der Waals surface area contributed by atoms with Crippen LogP contribution in [0.2, 0.25) is 0 Å². The Hall–Kier alpha value is -2.51. The third-order valence-electron chi connectivity index (χ3n) is 4.03. The molecule has 0 N–H and O–H groups in total. The highest BCUT2D eigenvalue weighted by molar-refractivity contribution is 5.68. The first-order valence-electron chi connectivity index (χ1n) is 8.26. The van der Waals surface area contributed by atoms with Gasteiger partial charge in [-0.2, -0.15) is 18.3 Å². The van der Waals surface area contributed by atoms with Crippen LogP contribution in [0.1, 0.15) is 37.6 Å². The Morgan fingerprint density at radius 3 is 2.38 bits per heavy atom. The summed E-state index contributed by atoms with van der Waals surface area (Å²) in [6.45, 7) is 6.26. The van der Waals surface area contributed by atoms with E-state index in [1.54, 1.807) is 15.8 Å². The van der Waals surface area contributed by atoms with Crippen LogP contribution in [0.5, 0.6) is 0 Å². The van der Waals surface area contributed by atoms with Gasteiger partial charge in [-0.05, 0) is 45.0 Å². The van der Waals surface area contributed by atoms with Crippen molar-refractivity contribution < 1.29 is 22.7 Å². The van der Waals surface area contributed by atoms with Crippen LogP contribution in [-0.2, 0) is 23.9 Å². The lowest BCUT2D eigenvalue weighted by Gasteiger charge is -2.30. The molecule has 2 heterocycles. The zero-order valence-electron chi connectivity index (χ0n) is 14.8. The topological polar surface area (TPSA) is 47.4 Å². The fraction of sp³-hybridized carbons (Fsp3) is 0.444. The van der Waals surface area contributed by atoms with Gasteiger partial charge in [-0.15, -0.1) is 0 Å². The molecule has 1 aliphatic heterocycles. The molecule has 5 nitrogen and oxygen atoms in total. The number of alkyl halides is 3. The van der Waals surface area contributed by atoms with Gasteiger partial charge in [0.1, 0.15) is 5.60 Å². The summed E-state index contributed by atoms with van der Waals surface area (Å²) in [7, 11) is 0. The van der Waals surface area contributed by atoms with Gasteiger partial charge in [-0.1, -0.05) is 0 Å². The average molecular weight is 367 g/mol. The van der Waals surface area contributed by atoms with Crippen LogP contribution in [0, 0.1) is 0 Å². The molecule has 0 aliphatic carbocycles. The maximum atomic E-state index is 12.7. The number of ether oxygens (including phenoxy) is 1. The second-order valence-electron chi connectivity index (χ2n) is 7.22. The summed E-state index contributed by atoms with van der Waals surface area (Å²) in [6, 6.07) is 4.88. The van der Waals surface area contributed by atoms with Crippen molar-refractivity contribution in [2.45, 2.75) is 45.5 Å². The highest BCUT2D eigenvalue weighted by atomic mass is 19.4. The molecular weight excluding hydrogens is 347 g/mol. The van der Waals surface area contributed by atoms with Crippen molar-refractivity contribution in [3.05, 3.63) is 47.3 Å². The van der Waals surface area contributed by atoms with Crippen LogP contribution in [0.4, 0.5) is 18.0 Å². The van der Waals surface area contributed by atoms with E-state index in [1.165, 1.54) is 12.1 Å². The van der Waals surface area contributed by atoms with Crippen molar-refractivity contribution in [1.82, 2.24) is 14.7 Å². The standard InChI is InChI=1S/C18H20F3N3O2/c1-17(2,3)26-16(25)23-9-8-15-12(11-23)10-22-24(15)14-6-4-13(5-7-14)18(19,20)21/h4-7,10H,8-9,11H2,1-3H3. The largest absolute Gasteiger partial charge is 0.444 e. The predicted molar refractivity (Wildman–Crippen MR) is 88.9 cm³/mol. The van der Waals surface area contributed by atoms with E-state index in [4.69, 9.17) is 4.74 Å². The third-order valence-corrected chi connectivity index (χ3v) is 4.03. The monoisotopic (exact) mass is 367 g/mol. The van der Waals surface area contributed by atoms with E-state index in [9.17, 15) is 18.0 Å². The van der Waals surface area contributed by atoms with Crippen molar-refractivity contribution >= 4 is 6.09 Å². The predicted octanol–water partition coefficient (Wildman–Crippen LogP) is 4.18. The van der Waals surface area contributed by atoms with Gasteiger partial charge in [0.05, 0.1) is 29.7 Å². The Kier molecular flexibility index (Phi) is 4.46. The zero-order chi connectivity index (χ0) is 19.1. The smallest absolute Gasteiger partial charge is 0.416 e. The van der Waals surface area contributed by atoms with Crippen molar-refractivity contribution in [1.29, 1.82) is 0 Å². The maximum Gasteiger partial charge on any atom is 0.416 e. The molecule has 0 saturated carbocycles. The Morgan fingerprint density at radius 1 is 1.15 bits per heavy atom. The summed E-state index contributed by atoms with van der Waals surface area (Å²) in [5.74, 6) is 0. The number of hydrogen-bond acceptors (Lipinski definition) is 3. The molecule has 0 radical (unpaired) electrons. The molecule has 3 rings (SSSR count). The molecule has 1 aliphatic rings. The van der Waals surface area contributed by atoms with Gasteiger partial charge >= 0.3 is 12.3 Å². The summed E-state index contributed by atoms with van der Waals surface area (Å²) < 4.78 is 45.1. The summed E-state index contributed by atoms with van der Waals surface area (Å²) in [5.41, 5.74) is 1.05. The molecule has 0 unspecified atom stereocenters. The SMILES string of the molecule is CC(C)(C)OC(=O)N1CCc2c(cnn2-c2ccc(C(F)(F)F)cc2)C1. The van der Waals surface area contributed by atoms with Gasteiger partial charge in [0, 0.05) is 18.5 Å². The third kappa shape index (κ3) is 3.84. The Bertz CT molecular complexity index is 805. The number of aromatic nitrogens is 2. The van der Waals surface area contributed by atoms with Crippen LogP contribution >= 0.6 is 0 Å². The Morgan fingerprint density at radius 2 is 1.81 bits per heavy atom. The number of nitrogens with zero attached hydrogens (tertiary/aromatic N) is 3. The number of hydrogen-bond donors (Lipinski definition) is 0. The minimum absolute atomic E-state index is 0.366. The number of amides is 1. The van der Waals surface area contributed by atoms with Crippen LogP contribution in [0.15, 0.2) is 30.5 Å². The number of rotatable bonds is 1. The van der Waals surface area contributed by atoms with Crippen LogP contribution in [-0.4, -0.2) is 32.9 Å². The molecule has 1 aromatic carbocycles. The highest BCUT2D eigenvalue weighted by Crippen LogP contribution is 2.30. The van der Waals surface area contributed by atoms with Crippen LogP contribution < -0.4 is 0 Å². The van der Waals surface area contributed by atoms with Gasteiger partial charge in [-0.3, -0.25) is 0 Å². The maximum absolute atomic E-state index is 12.7. The fourth-order valence-electron chi connectivity index (χ4n) is 2.83. The van der Waals surface area contributed by atoms with Crippen molar-refractivity contribution in [2.24, 2.45) is 0 Å². The second-order valence-corrected chi connectivity index (χ2v) is 7.22. The molecule has 0 fully saturated rings. The summed E-state index contributed by atoms with van der Waals surface area (Å²) in [6.07, 6.45) is -2.56. The van der Waals surface area contributed by atoms with E-state index in [2.05, 4.69) is 5.10 Å². The number of carbonyl (C=O) groups excluding carboxylic acids is 1. The lowest BCUT2D eigenvalue weighted by molar-refractivity contribution is -0.137. The molecule has 2 aromatic rings. The van der Waals surface area contributed by atoms with Crippen molar-refractivity contribution in [3.8, 4) is 5.69 Å². The van der Waals surface area contributed by atoms with Gasteiger partial charge in [0.2, 0.25) is 0 Å². The summed E-state index contributed by atoms with van der Waals surface area (Å²) >= 11 is 0. The number of fused-ring (bicyclic) bond motifs is 1. The van der Waals surface area contributed by atoms with Gasteiger partial charge in [0.15, 0.2) is 0 Å². The molecular formula is C18H20F3N3O2. The fourth-order valence-corrected chi connectivity index (χ4v) is 2.83. The molecule has 1 aromatic heterocycles. The summed E-state index contributed by atoms with van der Waals surface area (Å²) in [4.78, 5) is 13.8. The normalized spacial score (nSPS) is 14.9. The van der Waals surface area contributed by atoms with E-state index in [1.807, 2.05) is 20.8 Å². The van der Waals surface area contributed by atoms with Gasteiger partial charge < -0.3 is 9.64 Å². The molecule has 0 saturated heterocycles. The zero-order valence-corrected chi connectivity index (χ0v) is 14.8. The average Bonchev–Trinajstić information content (AvgIpc) is 2.95. The molecule has 0 bridgehead atoms. The van der Waals surface area contributed by atoms with Gasteiger partial charge in [0.25, 0.3) is 0 Å². The first kappa shape index (κ1) is 18.3. The number of halogens is 3. The van der Waals surface area contributed by atoms with Crippen LogP contribution in [0.3, 0.4) is 0 Å². The van der Waals surface area contributed by atoms with E-state index in [0.29, 0.717) is 25.2 Å². The van der Waals surface area contributed by atoms with Gasteiger partial charge in [-0.25, -0.2) is 9.48 Å². The highest BCUT2D eigenvalue weighted by Gasteiger charge is 2.31. The number of benzene rings is 1. The Labute approximate surface area is 149 Å². The van der Waals surface area contributed by atoms with E-state index >= 15 is 0 Å². The molecule has 8 heteroatoms. The van der Waals surface area contributed by atoms with Crippen LogP contribution in [0.25, 0.3) is 5.69 Å². The first-order chi connectivity index (χ1) is 12.0. The first-order valence-corrected chi connectivity index (χ1v) is 8.26. The Balaban J connectivity index is 1.78. The van der Waals surface area contributed by atoms with Crippen molar-refractivity contribution in [2.75, 3.05) is 6.54 Å². The molecule has 26 heavy (non-hydrogen) atoms. The molecule has 0 spiro atoms. The minimum atomic E-state index is -4.37. The van der Waals surface area contributed by atoms with E-state index < -0.39 is 17.3 Å². The van der Waals surface area contributed by atoms with E-state index in [0.717, 1.165) is 23.4 Å². The minimum Gasteiger partial charge on any atom is -0.444 e. The number of carbonyl (C=O) groups is 1. The quantitative estimate of drug-likeness (QED) is 0.760.